The van der Waals surface area contributed by atoms with Crippen molar-refractivity contribution in [2.75, 3.05) is 0 Å². The zero-order valence-corrected chi connectivity index (χ0v) is 18.6. The van der Waals surface area contributed by atoms with Gasteiger partial charge in [0.1, 0.15) is 0 Å². The van der Waals surface area contributed by atoms with Gasteiger partial charge in [0, 0.05) is 0 Å². The lowest BCUT2D eigenvalue weighted by atomic mass is 9.62. The van der Waals surface area contributed by atoms with Gasteiger partial charge in [-0.15, -0.1) is 0 Å². The van der Waals surface area contributed by atoms with Crippen molar-refractivity contribution >= 4 is 0 Å². The Balaban J connectivity index is 1.75. The molecule has 0 nitrogen and oxygen atoms in total. The first-order valence-corrected chi connectivity index (χ1v) is 12.5. The third kappa shape index (κ3) is 6.94. The number of rotatable bonds is 11. The molecule has 0 N–H and O–H groups in total. The van der Waals surface area contributed by atoms with Crippen LogP contribution in [-0.2, 0) is 0 Å². The fraction of sp³-hybridized carbons (Fsp3) is 1.00. The number of halogens is 3. The predicted octanol–water partition coefficient (Wildman–Crippen LogP) is 9.47. The van der Waals surface area contributed by atoms with Crippen molar-refractivity contribution in [3.05, 3.63) is 0 Å². The van der Waals surface area contributed by atoms with Crippen molar-refractivity contribution in [2.45, 2.75) is 136 Å². The Kier molecular flexibility index (Phi) is 10.2. The van der Waals surface area contributed by atoms with E-state index >= 15 is 0 Å². The van der Waals surface area contributed by atoms with Crippen LogP contribution in [-0.4, -0.2) is 6.18 Å². The summed E-state index contributed by atoms with van der Waals surface area (Å²) in [5.41, 5.74) is -1.37. The van der Waals surface area contributed by atoms with Crippen LogP contribution < -0.4 is 0 Å². The molecule has 0 atom stereocenters. The summed E-state index contributed by atoms with van der Waals surface area (Å²) in [5.74, 6) is 2.16. The van der Waals surface area contributed by atoms with Crippen molar-refractivity contribution in [3.63, 3.8) is 0 Å². The van der Waals surface area contributed by atoms with Crippen LogP contribution >= 0.6 is 0 Å². The van der Waals surface area contributed by atoms with Crippen LogP contribution in [0.1, 0.15) is 129 Å². The van der Waals surface area contributed by atoms with E-state index < -0.39 is 11.6 Å². The number of hydrogen-bond donors (Lipinski definition) is 0. The molecule has 166 valence electrons. The Morgan fingerprint density at radius 1 is 0.679 bits per heavy atom. The Hall–Kier alpha value is -0.210. The van der Waals surface area contributed by atoms with Crippen molar-refractivity contribution in [2.24, 2.45) is 23.2 Å². The zero-order chi connectivity index (χ0) is 20.5. The molecule has 0 aromatic heterocycles. The minimum atomic E-state index is -4.01. The second kappa shape index (κ2) is 11.8. The van der Waals surface area contributed by atoms with Gasteiger partial charge in [0.05, 0.1) is 5.41 Å². The molecule has 0 unspecified atom stereocenters. The second-order valence-electron chi connectivity index (χ2n) is 10.1. The molecule has 0 radical (unpaired) electrons. The molecule has 2 aliphatic rings. The molecule has 2 saturated carbocycles. The Bertz CT molecular complexity index is 399. The fourth-order valence-corrected chi connectivity index (χ4v) is 6.04. The standard InChI is InChI=1S/C25H45F3/c1-3-5-7-9-11-21-12-14-22(15-13-21)23-16-19-24(20-17-23,25(26,27)28)18-10-8-6-4-2/h21-23H,3-20H2,1-2H3/t21?,22?,23-,24+. The molecule has 0 saturated heterocycles. The fourth-order valence-electron chi connectivity index (χ4n) is 6.04. The molecular formula is C25H45F3. The summed E-state index contributed by atoms with van der Waals surface area (Å²) in [6.45, 7) is 4.37. The largest absolute Gasteiger partial charge is 0.394 e. The van der Waals surface area contributed by atoms with E-state index in [1.54, 1.807) is 0 Å². The highest BCUT2D eigenvalue weighted by atomic mass is 19.4. The molecule has 0 amide bonds. The monoisotopic (exact) mass is 402 g/mol. The minimum absolute atomic E-state index is 0.369. The van der Waals surface area contributed by atoms with E-state index in [0.717, 1.165) is 44.4 Å². The third-order valence-corrected chi connectivity index (χ3v) is 8.12. The Morgan fingerprint density at radius 2 is 1.21 bits per heavy atom. The molecule has 3 heteroatoms. The molecule has 0 bridgehead atoms. The lowest BCUT2D eigenvalue weighted by Crippen LogP contribution is -2.42. The number of hydrogen-bond acceptors (Lipinski definition) is 0. The van der Waals surface area contributed by atoms with Crippen LogP contribution in [0.3, 0.4) is 0 Å². The predicted molar refractivity (Wildman–Crippen MR) is 113 cm³/mol. The van der Waals surface area contributed by atoms with Crippen LogP contribution in [0.25, 0.3) is 0 Å². The first-order chi connectivity index (χ1) is 13.4. The Morgan fingerprint density at radius 3 is 1.75 bits per heavy atom. The van der Waals surface area contributed by atoms with Gasteiger partial charge in [-0.2, -0.15) is 13.2 Å². The van der Waals surface area contributed by atoms with E-state index in [1.165, 1.54) is 57.8 Å². The smallest absolute Gasteiger partial charge is 0.171 e. The van der Waals surface area contributed by atoms with Crippen molar-refractivity contribution in [1.82, 2.24) is 0 Å². The van der Waals surface area contributed by atoms with Gasteiger partial charge in [-0.25, -0.2) is 0 Å². The molecule has 28 heavy (non-hydrogen) atoms. The summed E-state index contributed by atoms with van der Waals surface area (Å²) >= 11 is 0. The summed E-state index contributed by atoms with van der Waals surface area (Å²) in [7, 11) is 0. The van der Waals surface area contributed by atoms with E-state index in [4.69, 9.17) is 0 Å². The SMILES string of the molecule is CCCCCCC1CCC([C@H]2CC[C@@](CCCCCC)(C(F)(F)F)CC2)CC1. The van der Waals surface area contributed by atoms with Gasteiger partial charge in [0.25, 0.3) is 0 Å². The average molecular weight is 403 g/mol. The maximum Gasteiger partial charge on any atom is 0.394 e. The Labute approximate surface area is 172 Å². The lowest BCUT2D eigenvalue weighted by Gasteiger charge is -2.44. The highest BCUT2D eigenvalue weighted by molar-refractivity contribution is 4.93. The van der Waals surface area contributed by atoms with Gasteiger partial charge in [0.15, 0.2) is 0 Å². The van der Waals surface area contributed by atoms with Crippen molar-refractivity contribution in [1.29, 1.82) is 0 Å². The van der Waals surface area contributed by atoms with Crippen LogP contribution in [0.15, 0.2) is 0 Å². The average Bonchev–Trinajstić information content (AvgIpc) is 2.69. The second-order valence-corrected chi connectivity index (χ2v) is 10.1. The zero-order valence-electron chi connectivity index (χ0n) is 18.6. The van der Waals surface area contributed by atoms with E-state index in [1.807, 2.05) is 0 Å². The molecule has 0 aromatic carbocycles. The van der Waals surface area contributed by atoms with Crippen LogP contribution in [0.5, 0.6) is 0 Å². The summed E-state index contributed by atoms with van der Waals surface area (Å²) < 4.78 is 41.7. The summed E-state index contributed by atoms with van der Waals surface area (Å²) in [4.78, 5) is 0. The summed E-state index contributed by atoms with van der Waals surface area (Å²) in [5, 5.41) is 0. The topological polar surface area (TPSA) is 0 Å². The highest BCUT2D eigenvalue weighted by Gasteiger charge is 2.55. The van der Waals surface area contributed by atoms with E-state index in [-0.39, 0.29) is 0 Å². The molecule has 2 rings (SSSR count). The van der Waals surface area contributed by atoms with Crippen LogP contribution in [0.2, 0.25) is 0 Å². The molecule has 2 fully saturated rings. The van der Waals surface area contributed by atoms with Crippen molar-refractivity contribution in [3.8, 4) is 0 Å². The van der Waals surface area contributed by atoms with Gasteiger partial charge in [-0.1, -0.05) is 84.5 Å². The van der Waals surface area contributed by atoms with Gasteiger partial charge in [-0.05, 0) is 62.7 Å². The molecule has 2 aliphatic carbocycles. The quantitative estimate of drug-likeness (QED) is 0.302. The summed E-state index contributed by atoms with van der Waals surface area (Å²) in [6.07, 6.45) is 14.6. The lowest BCUT2D eigenvalue weighted by molar-refractivity contribution is -0.241. The third-order valence-electron chi connectivity index (χ3n) is 8.12. The van der Waals surface area contributed by atoms with Gasteiger partial charge in [0.2, 0.25) is 0 Å². The van der Waals surface area contributed by atoms with Gasteiger partial charge >= 0.3 is 6.18 Å². The molecule has 0 aromatic rings. The van der Waals surface area contributed by atoms with Crippen LogP contribution in [0.4, 0.5) is 13.2 Å². The minimum Gasteiger partial charge on any atom is -0.171 e. The maximum atomic E-state index is 13.9. The first kappa shape index (κ1) is 24.1. The maximum absolute atomic E-state index is 13.9. The molecule has 0 spiro atoms. The van der Waals surface area contributed by atoms with E-state index in [0.29, 0.717) is 31.1 Å². The molecule has 0 heterocycles. The van der Waals surface area contributed by atoms with Gasteiger partial charge < -0.3 is 0 Å². The van der Waals surface area contributed by atoms with Crippen LogP contribution in [0, 0.1) is 23.2 Å². The van der Waals surface area contributed by atoms with Crippen molar-refractivity contribution < 1.29 is 13.2 Å². The van der Waals surface area contributed by atoms with Gasteiger partial charge in [-0.3, -0.25) is 0 Å². The number of alkyl halides is 3. The summed E-state index contributed by atoms with van der Waals surface area (Å²) in [6, 6.07) is 0. The molecule has 0 aliphatic heterocycles. The number of unbranched alkanes of at least 4 members (excludes halogenated alkanes) is 6. The van der Waals surface area contributed by atoms with E-state index in [2.05, 4.69) is 13.8 Å². The van der Waals surface area contributed by atoms with E-state index in [9.17, 15) is 13.2 Å². The normalized spacial score (nSPS) is 31.8. The highest BCUT2D eigenvalue weighted by Crippen LogP contribution is 2.55. The first-order valence-electron chi connectivity index (χ1n) is 12.5. The molecular weight excluding hydrogens is 357 g/mol.